The molecule has 0 aromatic carbocycles. The van der Waals surface area contributed by atoms with Crippen LogP contribution < -0.4 is 5.32 Å². The summed E-state index contributed by atoms with van der Waals surface area (Å²) in [6, 6.07) is 0. The van der Waals surface area contributed by atoms with Gasteiger partial charge in [0.25, 0.3) is 0 Å². The Balaban J connectivity index is 2.29. The Hall–Kier alpha value is -1.06. The summed E-state index contributed by atoms with van der Waals surface area (Å²) >= 11 is 0. The van der Waals surface area contributed by atoms with Crippen LogP contribution in [0.2, 0.25) is 0 Å². The van der Waals surface area contributed by atoms with Gasteiger partial charge < -0.3 is 10.1 Å². The van der Waals surface area contributed by atoms with E-state index in [2.05, 4.69) is 24.2 Å². The largest absolute Gasteiger partial charge is 0.457 e. The van der Waals surface area contributed by atoms with Gasteiger partial charge in [0.15, 0.2) is 0 Å². The van der Waals surface area contributed by atoms with E-state index in [-0.39, 0.29) is 12.1 Å². The Morgan fingerprint density at radius 3 is 2.72 bits per heavy atom. The lowest BCUT2D eigenvalue weighted by molar-refractivity contribution is -0.141. The Labute approximate surface area is 110 Å². The van der Waals surface area contributed by atoms with Gasteiger partial charge in [-0.05, 0) is 19.3 Å². The monoisotopic (exact) mass is 254 g/mol. The number of hydrogen-bond donors (Lipinski definition) is 1. The molecule has 0 bridgehead atoms. The van der Waals surface area contributed by atoms with Crippen molar-refractivity contribution in [1.82, 2.24) is 5.32 Å². The van der Waals surface area contributed by atoms with Crippen LogP contribution in [0.5, 0.6) is 0 Å². The van der Waals surface area contributed by atoms with Crippen molar-refractivity contribution in [3.05, 3.63) is 0 Å². The third-order valence-electron chi connectivity index (χ3n) is 3.13. The number of nitrogens with one attached hydrogen (secondary N) is 1. The zero-order valence-electron chi connectivity index (χ0n) is 11.7. The molecule has 0 radical (unpaired) electrons. The van der Waals surface area contributed by atoms with Crippen LogP contribution in [-0.4, -0.2) is 31.0 Å². The van der Waals surface area contributed by atoms with Crippen molar-refractivity contribution in [1.29, 1.82) is 0 Å². The highest BCUT2D eigenvalue weighted by Gasteiger charge is 2.20. The molecule has 4 heteroatoms. The topological polar surface area (TPSA) is 50.7 Å². The van der Waals surface area contributed by atoms with Crippen molar-refractivity contribution in [2.75, 3.05) is 13.1 Å². The lowest BCUT2D eigenvalue weighted by atomic mass is 10.1. The first-order valence-electron chi connectivity index (χ1n) is 7.27. The second kappa shape index (κ2) is 8.95. The van der Waals surface area contributed by atoms with Gasteiger partial charge in [-0.3, -0.25) is 4.99 Å². The number of unbranched alkanes of at least 4 members (excludes halogenated alkanes) is 3. The van der Waals surface area contributed by atoms with Crippen LogP contribution in [0.3, 0.4) is 0 Å². The van der Waals surface area contributed by atoms with E-state index in [4.69, 9.17) is 4.74 Å². The molecular weight excluding hydrogens is 228 g/mol. The maximum atomic E-state index is 11.8. The molecule has 0 amide bonds. The van der Waals surface area contributed by atoms with E-state index in [1.54, 1.807) is 0 Å². The van der Waals surface area contributed by atoms with Gasteiger partial charge in [0.2, 0.25) is 5.84 Å². The van der Waals surface area contributed by atoms with Gasteiger partial charge in [-0.2, -0.15) is 0 Å². The lowest BCUT2D eigenvalue weighted by Gasteiger charge is -2.17. The second-order valence-corrected chi connectivity index (χ2v) is 4.82. The maximum absolute atomic E-state index is 11.8. The zero-order valence-corrected chi connectivity index (χ0v) is 11.7. The van der Waals surface area contributed by atoms with Crippen LogP contribution >= 0.6 is 0 Å². The highest BCUT2D eigenvalue weighted by Crippen LogP contribution is 2.13. The molecule has 1 unspecified atom stereocenters. The first kappa shape index (κ1) is 15.0. The minimum absolute atomic E-state index is 0.0597. The number of aliphatic imine (C=N–C) groups is 1. The Bertz CT molecular complexity index is 277. The first-order valence-corrected chi connectivity index (χ1v) is 7.27. The molecule has 1 rings (SSSR count). The van der Waals surface area contributed by atoms with E-state index >= 15 is 0 Å². The predicted octanol–water partition coefficient (Wildman–Crippen LogP) is 2.67. The zero-order chi connectivity index (χ0) is 13.2. The molecular formula is C14H26N2O2. The Morgan fingerprint density at radius 1 is 1.28 bits per heavy atom. The van der Waals surface area contributed by atoms with Gasteiger partial charge >= 0.3 is 5.97 Å². The van der Waals surface area contributed by atoms with E-state index in [0.29, 0.717) is 12.4 Å². The normalized spacial score (nSPS) is 16.0. The van der Waals surface area contributed by atoms with Crippen molar-refractivity contribution < 1.29 is 9.53 Å². The fourth-order valence-electron chi connectivity index (χ4n) is 2.12. The van der Waals surface area contributed by atoms with Crippen LogP contribution in [0.1, 0.15) is 58.8 Å². The highest BCUT2D eigenvalue weighted by atomic mass is 16.5. The average molecular weight is 254 g/mol. The molecule has 1 atom stereocenters. The van der Waals surface area contributed by atoms with Gasteiger partial charge in [0.05, 0.1) is 6.54 Å². The predicted molar refractivity (Wildman–Crippen MR) is 73.9 cm³/mol. The molecule has 1 N–H and O–H groups in total. The number of ether oxygens (including phenoxy) is 1. The van der Waals surface area contributed by atoms with E-state index in [1.807, 2.05) is 0 Å². The molecule has 1 aliphatic heterocycles. The van der Waals surface area contributed by atoms with E-state index < -0.39 is 0 Å². The summed E-state index contributed by atoms with van der Waals surface area (Å²) < 4.78 is 5.52. The molecule has 0 saturated heterocycles. The summed E-state index contributed by atoms with van der Waals surface area (Å²) in [5, 5.41) is 2.96. The van der Waals surface area contributed by atoms with Crippen molar-refractivity contribution in [2.24, 2.45) is 4.99 Å². The van der Waals surface area contributed by atoms with E-state index in [1.165, 1.54) is 19.3 Å². The first-order chi connectivity index (χ1) is 8.77. The average Bonchev–Trinajstić information content (AvgIpc) is 2.88. The number of rotatable bonds is 9. The fourth-order valence-corrected chi connectivity index (χ4v) is 2.12. The smallest absolute Gasteiger partial charge is 0.373 e. The number of carbonyl (C=O) groups excluding carboxylic acids is 1. The van der Waals surface area contributed by atoms with Gasteiger partial charge in [-0.25, -0.2) is 4.79 Å². The molecule has 1 heterocycles. The Kier molecular flexibility index (Phi) is 7.46. The minimum Gasteiger partial charge on any atom is -0.457 e. The molecule has 0 fully saturated rings. The molecule has 0 aliphatic carbocycles. The molecule has 0 spiro atoms. The number of nitrogens with zero attached hydrogens (tertiary/aromatic N) is 1. The van der Waals surface area contributed by atoms with Crippen LogP contribution in [0.15, 0.2) is 4.99 Å². The molecule has 0 saturated carbocycles. The van der Waals surface area contributed by atoms with Crippen LogP contribution in [0.4, 0.5) is 0 Å². The van der Waals surface area contributed by atoms with Crippen molar-refractivity contribution in [3.63, 3.8) is 0 Å². The van der Waals surface area contributed by atoms with E-state index in [0.717, 1.165) is 32.2 Å². The van der Waals surface area contributed by atoms with Crippen molar-refractivity contribution in [3.8, 4) is 0 Å². The minimum atomic E-state index is -0.276. The van der Waals surface area contributed by atoms with Gasteiger partial charge in [0, 0.05) is 6.54 Å². The summed E-state index contributed by atoms with van der Waals surface area (Å²) in [6.07, 6.45) is 7.91. The van der Waals surface area contributed by atoms with Gasteiger partial charge in [0.1, 0.15) is 6.10 Å². The number of hydrogen-bond acceptors (Lipinski definition) is 4. The highest BCUT2D eigenvalue weighted by molar-refractivity contribution is 6.35. The summed E-state index contributed by atoms with van der Waals surface area (Å²) in [5.74, 6) is 0.131. The van der Waals surface area contributed by atoms with E-state index in [9.17, 15) is 4.79 Å². The Morgan fingerprint density at radius 2 is 2.11 bits per heavy atom. The molecule has 104 valence electrons. The van der Waals surface area contributed by atoms with Crippen LogP contribution in [-0.2, 0) is 9.53 Å². The molecule has 4 nitrogen and oxygen atoms in total. The third-order valence-corrected chi connectivity index (χ3v) is 3.13. The van der Waals surface area contributed by atoms with Crippen LogP contribution in [0.25, 0.3) is 0 Å². The standard InChI is InChI=1S/C14H26N2O2/c1-3-5-6-7-9-12(8-4-2)18-14(17)13-15-10-11-16-13/h12H,3-11H2,1-2H3,(H,15,16). The van der Waals surface area contributed by atoms with Gasteiger partial charge in [-0.15, -0.1) is 0 Å². The van der Waals surface area contributed by atoms with Crippen molar-refractivity contribution >= 4 is 11.8 Å². The van der Waals surface area contributed by atoms with Crippen LogP contribution in [0, 0.1) is 0 Å². The fraction of sp³-hybridized carbons (Fsp3) is 0.857. The summed E-state index contributed by atoms with van der Waals surface area (Å²) in [5.41, 5.74) is 0. The van der Waals surface area contributed by atoms with Crippen molar-refractivity contribution in [2.45, 2.75) is 64.9 Å². The number of esters is 1. The SMILES string of the molecule is CCCCCCC(CCC)OC(=O)C1=NCCN1. The second-order valence-electron chi connectivity index (χ2n) is 4.82. The molecule has 0 aromatic rings. The van der Waals surface area contributed by atoms with Gasteiger partial charge in [-0.1, -0.05) is 39.5 Å². The molecule has 0 aromatic heterocycles. The number of carbonyl (C=O) groups is 1. The third kappa shape index (κ3) is 5.52. The molecule has 18 heavy (non-hydrogen) atoms. The summed E-state index contributed by atoms with van der Waals surface area (Å²) in [4.78, 5) is 15.9. The molecule has 1 aliphatic rings. The summed E-state index contributed by atoms with van der Waals surface area (Å²) in [7, 11) is 0. The maximum Gasteiger partial charge on any atom is 0.373 e. The lowest BCUT2D eigenvalue weighted by Crippen LogP contribution is -2.32. The number of amidine groups is 1. The summed E-state index contributed by atoms with van der Waals surface area (Å²) in [6.45, 7) is 5.75. The quantitative estimate of drug-likeness (QED) is 0.508.